The van der Waals surface area contributed by atoms with Gasteiger partial charge in [-0.2, -0.15) is 0 Å². The summed E-state index contributed by atoms with van der Waals surface area (Å²) in [6, 6.07) is 6.59. The van der Waals surface area contributed by atoms with Crippen molar-refractivity contribution in [2.75, 3.05) is 26.8 Å². The number of carbonyl (C=O) groups excluding carboxylic acids is 2. The first-order valence-electron chi connectivity index (χ1n) is 8.54. The fourth-order valence-corrected chi connectivity index (χ4v) is 3.32. The van der Waals surface area contributed by atoms with Crippen molar-refractivity contribution in [2.45, 2.75) is 6.04 Å². The van der Waals surface area contributed by atoms with Crippen LogP contribution in [0.15, 0.2) is 42.1 Å². The van der Waals surface area contributed by atoms with Crippen LogP contribution >= 0.6 is 23.2 Å². The summed E-state index contributed by atoms with van der Waals surface area (Å²) in [6.45, 7) is 1.22. The molecule has 1 atom stereocenters. The fourth-order valence-electron chi connectivity index (χ4n) is 2.99. The van der Waals surface area contributed by atoms with Crippen LogP contribution in [-0.4, -0.2) is 53.5 Å². The van der Waals surface area contributed by atoms with Crippen LogP contribution in [0.4, 0.5) is 0 Å². The van der Waals surface area contributed by atoms with Crippen molar-refractivity contribution in [3.05, 3.63) is 58.5 Å². The van der Waals surface area contributed by atoms with Gasteiger partial charge in [-0.05, 0) is 29.8 Å². The summed E-state index contributed by atoms with van der Waals surface area (Å²) < 4.78 is 5.57. The lowest BCUT2D eigenvalue weighted by Crippen LogP contribution is -2.42. The van der Waals surface area contributed by atoms with Gasteiger partial charge in [-0.15, -0.1) is 0 Å². The molecule has 3 rings (SSSR count). The maximum absolute atomic E-state index is 12.4. The number of nitrogens with zero attached hydrogens (tertiary/aromatic N) is 3. The number of hydrogen-bond donors (Lipinski definition) is 1. The Hall–Kier alpha value is -2.48. The van der Waals surface area contributed by atoms with Gasteiger partial charge in [0, 0.05) is 37.0 Å². The van der Waals surface area contributed by atoms with E-state index in [0.29, 0.717) is 31.0 Å². The van der Waals surface area contributed by atoms with Crippen molar-refractivity contribution in [3.8, 4) is 11.3 Å². The molecular formula is C19H18Cl2N4O3. The van der Waals surface area contributed by atoms with Crippen molar-refractivity contribution in [3.63, 3.8) is 0 Å². The minimum atomic E-state index is -0.325. The van der Waals surface area contributed by atoms with Crippen LogP contribution in [0.25, 0.3) is 11.3 Å². The molecule has 0 spiro atoms. The van der Waals surface area contributed by atoms with Crippen molar-refractivity contribution in [2.24, 2.45) is 0 Å². The van der Waals surface area contributed by atoms with E-state index in [9.17, 15) is 9.59 Å². The standard InChI is InChI=1S/C19H18Cl2N4O3/c1-22-19(27)15-8-12(3-5-23-15)14-9-13(10-17(21)24-14)16-11-28-7-6-25(16)18(26)2-4-20/h2-5,8-10,16H,6-7,11H2,1H3,(H,22,27)/b4-2-/t16-/m1/s1. The molecule has 3 heterocycles. The Labute approximate surface area is 172 Å². The number of ether oxygens (including phenoxy) is 1. The number of aromatic nitrogens is 2. The second-order valence-corrected chi connectivity index (χ2v) is 6.67. The van der Waals surface area contributed by atoms with Crippen LogP contribution in [0.1, 0.15) is 22.1 Å². The smallest absolute Gasteiger partial charge is 0.269 e. The number of nitrogens with one attached hydrogen (secondary N) is 1. The highest BCUT2D eigenvalue weighted by atomic mass is 35.5. The van der Waals surface area contributed by atoms with Crippen LogP contribution in [-0.2, 0) is 9.53 Å². The minimum absolute atomic E-state index is 0.205. The Morgan fingerprint density at radius 2 is 2.18 bits per heavy atom. The largest absolute Gasteiger partial charge is 0.377 e. The van der Waals surface area contributed by atoms with E-state index < -0.39 is 0 Å². The minimum Gasteiger partial charge on any atom is -0.377 e. The molecule has 0 aromatic carbocycles. The zero-order valence-electron chi connectivity index (χ0n) is 15.1. The van der Waals surface area contributed by atoms with Gasteiger partial charge < -0.3 is 15.0 Å². The molecule has 1 N–H and O–H groups in total. The molecule has 0 radical (unpaired) electrons. The van der Waals surface area contributed by atoms with Gasteiger partial charge in [-0.3, -0.25) is 14.6 Å². The van der Waals surface area contributed by atoms with Gasteiger partial charge in [0.2, 0.25) is 5.91 Å². The molecule has 2 aromatic rings. The van der Waals surface area contributed by atoms with Crippen molar-refractivity contribution < 1.29 is 14.3 Å². The second kappa shape index (κ2) is 9.14. The number of carbonyl (C=O) groups is 2. The monoisotopic (exact) mass is 420 g/mol. The summed E-state index contributed by atoms with van der Waals surface area (Å²) in [7, 11) is 1.54. The molecule has 0 bridgehead atoms. The van der Waals surface area contributed by atoms with Gasteiger partial charge in [0.1, 0.15) is 10.8 Å². The molecule has 7 nitrogen and oxygen atoms in total. The summed E-state index contributed by atoms with van der Waals surface area (Å²) >= 11 is 11.8. The Kier molecular flexibility index (Phi) is 6.61. The predicted octanol–water partition coefficient (Wildman–Crippen LogP) is 2.81. The van der Waals surface area contributed by atoms with Crippen LogP contribution < -0.4 is 5.32 Å². The summed E-state index contributed by atoms with van der Waals surface area (Å²) in [5, 5.41) is 2.81. The molecule has 0 unspecified atom stereocenters. The van der Waals surface area contributed by atoms with Crippen molar-refractivity contribution in [1.29, 1.82) is 0 Å². The number of rotatable bonds is 4. The summed E-state index contributed by atoms with van der Waals surface area (Å²) in [4.78, 5) is 34.3. The highest BCUT2D eigenvalue weighted by Gasteiger charge is 2.28. The third-order valence-electron chi connectivity index (χ3n) is 4.33. The van der Waals surface area contributed by atoms with Crippen LogP contribution in [0.5, 0.6) is 0 Å². The van der Waals surface area contributed by atoms with E-state index in [2.05, 4.69) is 15.3 Å². The number of pyridine rings is 2. The molecule has 28 heavy (non-hydrogen) atoms. The quantitative estimate of drug-likeness (QED) is 0.606. The van der Waals surface area contributed by atoms with Gasteiger partial charge in [-0.25, -0.2) is 4.98 Å². The highest BCUT2D eigenvalue weighted by molar-refractivity contribution is 6.29. The average Bonchev–Trinajstić information content (AvgIpc) is 2.73. The Bertz CT molecular complexity index is 920. The number of morpholine rings is 1. The van der Waals surface area contributed by atoms with Gasteiger partial charge in [0.05, 0.1) is 24.9 Å². The first-order chi connectivity index (χ1) is 13.5. The SMILES string of the molecule is CNC(=O)c1cc(-c2cc([C@H]3COCCN3C(=O)/C=C\Cl)cc(Cl)n2)ccn1. The fraction of sp³-hybridized carbons (Fsp3) is 0.263. The Morgan fingerprint density at radius 3 is 2.93 bits per heavy atom. The first-order valence-corrected chi connectivity index (χ1v) is 9.36. The molecule has 2 aromatic heterocycles. The summed E-state index contributed by atoms with van der Waals surface area (Å²) in [5.41, 5.74) is 3.50. The van der Waals surface area contributed by atoms with E-state index in [4.69, 9.17) is 27.9 Å². The zero-order chi connectivity index (χ0) is 20.1. The zero-order valence-corrected chi connectivity index (χ0v) is 16.6. The van der Waals surface area contributed by atoms with E-state index >= 15 is 0 Å². The lowest BCUT2D eigenvalue weighted by atomic mass is 10.0. The first kappa shape index (κ1) is 20.3. The molecule has 0 aliphatic carbocycles. The predicted molar refractivity (Wildman–Crippen MR) is 106 cm³/mol. The molecule has 2 amide bonds. The molecule has 1 fully saturated rings. The van der Waals surface area contributed by atoms with Crippen LogP contribution in [0.2, 0.25) is 5.15 Å². The normalized spacial score (nSPS) is 17.0. The second-order valence-electron chi connectivity index (χ2n) is 6.03. The van der Waals surface area contributed by atoms with E-state index in [1.165, 1.54) is 24.9 Å². The van der Waals surface area contributed by atoms with Crippen LogP contribution in [0.3, 0.4) is 0 Å². The number of hydrogen-bond acceptors (Lipinski definition) is 5. The van der Waals surface area contributed by atoms with Gasteiger partial charge >= 0.3 is 0 Å². The molecule has 1 aliphatic rings. The maximum atomic E-state index is 12.4. The third kappa shape index (κ3) is 4.49. The van der Waals surface area contributed by atoms with E-state index in [1.807, 2.05) is 6.07 Å². The van der Waals surface area contributed by atoms with E-state index in [0.717, 1.165) is 5.56 Å². The lowest BCUT2D eigenvalue weighted by molar-refractivity contribution is -0.134. The number of halogens is 2. The summed E-state index contributed by atoms with van der Waals surface area (Å²) in [6.07, 6.45) is 2.84. The molecule has 1 aliphatic heterocycles. The van der Waals surface area contributed by atoms with Crippen molar-refractivity contribution >= 4 is 35.0 Å². The molecule has 0 saturated carbocycles. The number of amides is 2. The third-order valence-corrected chi connectivity index (χ3v) is 4.65. The Morgan fingerprint density at radius 1 is 1.36 bits per heavy atom. The average molecular weight is 421 g/mol. The Balaban J connectivity index is 1.99. The highest BCUT2D eigenvalue weighted by Crippen LogP contribution is 2.30. The topological polar surface area (TPSA) is 84.4 Å². The molecular weight excluding hydrogens is 403 g/mol. The van der Waals surface area contributed by atoms with Crippen LogP contribution in [0, 0.1) is 0 Å². The van der Waals surface area contributed by atoms with Crippen molar-refractivity contribution in [1.82, 2.24) is 20.2 Å². The van der Waals surface area contributed by atoms with Gasteiger partial charge in [-0.1, -0.05) is 23.2 Å². The van der Waals surface area contributed by atoms with Gasteiger partial charge in [0.25, 0.3) is 5.91 Å². The molecule has 146 valence electrons. The lowest BCUT2D eigenvalue weighted by Gasteiger charge is -2.35. The van der Waals surface area contributed by atoms with Gasteiger partial charge in [0.15, 0.2) is 0 Å². The van der Waals surface area contributed by atoms with E-state index in [-0.39, 0.29) is 28.7 Å². The molecule has 9 heteroatoms. The molecule has 1 saturated heterocycles. The maximum Gasteiger partial charge on any atom is 0.269 e. The van der Waals surface area contributed by atoms with E-state index in [1.54, 1.807) is 23.1 Å². The summed E-state index contributed by atoms with van der Waals surface area (Å²) in [5.74, 6) is -0.502.